The molecule has 0 aliphatic carbocycles. The summed E-state index contributed by atoms with van der Waals surface area (Å²) in [5, 5.41) is 1.38. The van der Waals surface area contributed by atoms with Crippen molar-refractivity contribution in [3.63, 3.8) is 0 Å². The topological polar surface area (TPSA) is 12.5 Å². The summed E-state index contributed by atoms with van der Waals surface area (Å²) in [6.07, 6.45) is 0. The lowest BCUT2D eigenvalue weighted by atomic mass is 9.92. The van der Waals surface area contributed by atoms with Crippen LogP contribution in [0.15, 0.2) is 48.5 Å². The molecule has 1 saturated heterocycles. The predicted octanol–water partition coefficient (Wildman–Crippen LogP) is 4.83. The van der Waals surface area contributed by atoms with E-state index in [1.807, 2.05) is 48.5 Å². The number of epoxide rings is 1. The van der Waals surface area contributed by atoms with E-state index in [2.05, 4.69) is 0 Å². The van der Waals surface area contributed by atoms with Crippen molar-refractivity contribution in [1.82, 2.24) is 0 Å². The second kappa shape index (κ2) is 4.43. The van der Waals surface area contributed by atoms with Gasteiger partial charge in [-0.3, -0.25) is 0 Å². The SMILES string of the molecule is Clc1ccc(C2(c3ccc(Cl)cc3)OC2Cl)cc1. The largest absolute Gasteiger partial charge is 0.339 e. The molecule has 1 atom stereocenters. The van der Waals surface area contributed by atoms with E-state index in [-0.39, 0.29) is 5.56 Å². The summed E-state index contributed by atoms with van der Waals surface area (Å²) in [7, 11) is 0. The Balaban J connectivity index is 2.06. The van der Waals surface area contributed by atoms with Gasteiger partial charge in [-0.15, -0.1) is 0 Å². The average Bonchev–Trinajstić information content (AvgIpc) is 3.04. The van der Waals surface area contributed by atoms with Crippen LogP contribution in [-0.2, 0) is 10.3 Å². The van der Waals surface area contributed by atoms with E-state index in [4.69, 9.17) is 39.5 Å². The zero-order valence-electron chi connectivity index (χ0n) is 9.24. The van der Waals surface area contributed by atoms with Crippen LogP contribution in [0, 0.1) is 0 Å². The normalized spacial score (nSPS) is 20.7. The van der Waals surface area contributed by atoms with Gasteiger partial charge in [-0.1, -0.05) is 59.1 Å². The molecule has 18 heavy (non-hydrogen) atoms. The van der Waals surface area contributed by atoms with Crippen molar-refractivity contribution in [3.05, 3.63) is 69.7 Å². The lowest BCUT2D eigenvalue weighted by Gasteiger charge is -2.13. The maximum absolute atomic E-state index is 6.17. The van der Waals surface area contributed by atoms with E-state index < -0.39 is 5.60 Å². The quantitative estimate of drug-likeness (QED) is 0.571. The first-order valence-corrected chi connectivity index (χ1v) is 6.66. The van der Waals surface area contributed by atoms with Crippen LogP contribution in [-0.4, -0.2) is 5.56 Å². The van der Waals surface area contributed by atoms with Crippen LogP contribution in [0.2, 0.25) is 10.0 Å². The van der Waals surface area contributed by atoms with Crippen LogP contribution in [0.3, 0.4) is 0 Å². The Morgan fingerprint density at radius 1 is 0.778 bits per heavy atom. The predicted molar refractivity (Wildman–Crippen MR) is 74.4 cm³/mol. The number of alkyl halides is 1. The molecule has 0 radical (unpaired) electrons. The highest BCUT2D eigenvalue weighted by Crippen LogP contribution is 2.53. The Morgan fingerprint density at radius 2 is 1.11 bits per heavy atom. The van der Waals surface area contributed by atoms with Gasteiger partial charge in [-0.05, 0) is 35.4 Å². The molecule has 1 unspecified atom stereocenters. The number of hydrogen-bond donors (Lipinski definition) is 0. The minimum atomic E-state index is -0.573. The van der Waals surface area contributed by atoms with Crippen molar-refractivity contribution >= 4 is 34.8 Å². The van der Waals surface area contributed by atoms with Crippen LogP contribution in [0.4, 0.5) is 0 Å². The summed E-state index contributed by atoms with van der Waals surface area (Å²) in [6.45, 7) is 0. The standard InChI is InChI=1S/C14H9Cl3O/c15-11-5-1-9(2-6-11)14(13(17)18-14)10-3-7-12(16)8-4-10/h1-8,13H. The van der Waals surface area contributed by atoms with E-state index >= 15 is 0 Å². The van der Waals surface area contributed by atoms with Crippen molar-refractivity contribution < 1.29 is 4.74 Å². The molecule has 92 valence electrons. The van der Waals surface area contributed by atoms with Gasteiger partial charge in [-0.25, -0.2) is 0 Å². The van der Waals surface area contributed by atoms with Crippen LogP contribution >= 0.6 is 34.8 Å². The Bertz CT molecular complexity index is 517. The molecular formula is C14H9Cl3O. The summed E-state index contributed by atoms with van der Waals surface area (Å²) in [6, 6.07) is 15.1. The van der Waals surface area contributed by atoms with Crippen molar-refractivity contribution in [3.8, 4) is 0 Å². The van der Waals surface area contributed by atoms with Crippen molar-refractivity contribution in [2.24, 2.45) is 0 Å². The molecule has 1 aliphatic rings. The summed E-state index contributed by atoms with van der Waals surface area (Å²) in [4.78, 5) is 0. The minimum Gasteiger partial charge on any atom is -0.339 e. The third kappa shape index (κ3) is 1.92. The average molecular weight is 300 g/mol. The fourth-order valence-electron chi connectivity index (χ4n) is 2.09. The third-order valence-electron chi connectivity index (χ3n) is 3.10. The Labute approximate surface area is 120 Å². The molecule has 2 aromatic carbocycles. The first kappa shape index (κ1) is 12.3. The van der Waals surface area contributed by atoms with E-state index in [9.17, 15) is 0 Å². The molecule has 0 amide bonds. The molecule has 1 heterocycles. The van der Waals surface area contributed by atoms with Gasteiger partial charge in [-0.2, -0.15) is 0 Å². The Kier molecular flexibility index (Phi) is 3.03. The molecule has 4 heteroatoms. The lowest BCUT2D eigenvalue weighted by Crippen LogP contribution is -2.12. The minimum absolute atomic E-state index is 0.361. The van der Waals surface area contributed by atoms with Gasteiger partial charge in [0.15, 0.2) is 11.2 Å². The van der Waals surface area contributed by atoms with Crippen molar-refractivity contribution in [2.45, 2.75) is 11.2 Å². The molecule has 1 aliphatic heterocycles. The molecule has 0 bridgehead atoms. The summed E-state index contributed by atoms with van der Waals surface area (Å²) in [5.41, 5.74) is 1.06. The first-order chi connectivity index (χ1) is 8.63. The molecule has 0 N–H and O–H groups in total. The van der Waals surface area contributed by atoms with Crippen LogP contribution in [0.25, 0.3) is 0 Å². The highest BCUT2D eigenvalue weighted by molar-refractivity contribution is 6.30. The zero-order chi connectivity index (χ0) is 12.8. The Hall–Kier alpha value is -0.730. The second-order valence-electron chi connectivity index (χ2n) is 4.18. The smallest absolute Gasteiger partial charge is 0.170 e. The van der Waals surface area contributed by atoms with Gasteiger partial charge in [0.2, 0.25) is 0 Å². The van der Waals surface area contributed by atoms with Gasteiger partial charge in [0.05, 0.1) is 0 Å². The van der Waals surface area contributed by atoms with Crippen LogP contribution in [0.1, 0.15) is 11.1 Å². The zero-order valence-corrected chi connectivity index (χ0v) is 11.5. The molecule has 0 spiro atoms. The first-order valence-electron chi connectivity index (χ1n) is 5.47. The molecule has 2 aromatic rings. The second-order valence-corrected chi connectivity index (χ2v) is 5.45. The number of hydrogen-bond acceptors (Lipinski definition) is 1. The van der Waals surface area contributed by atoms with Gasteiger partial charge >= 0.3 is 0 Å². The summed E-state index contributed by atoms with van der Waals surface area (Å²) < 4.78 is 5.64. The number of halogens is 3. The molecule has 3 rings (SSSR count). The van der Waals surface area contributed by atoms with E-state index in [1.54, 1.807) is 0 Å². The highest BCUT2D eigenvalue weighted by Gasteiger charge is 2.58. The molecule has 0 aromatic heterocycles. The van der Waals surface area contributed by atoms with E-state index in [0.29, 0.717) is 10.0 Å². The fraction of sp³-hybridized carbons (Fsp3) is 0.143. The fourth-order valence-corrected chi connectivity index (χ4v) is 2.73. The number of benzene rings is 2. The van der Waals surface area contributed by atoms with E-state index in [0.717, 1.165) is 11.1 Å². The van der Waals surface area contributed by atoms with Gasteiger partial charge < -0.3 is 4.74 Å². The van der Waals surface area contributed by atoms with Crippen LogP contribution in [0.5, 0.6) is 0 Å². The highest BCUT2D eigenvalue weighted by atomic mass is 35.5. The molecule has 1 nitrogen and oxygen atoms in total. The van der Waals surface area contributed by atoms with Crippen molar-refractivity contribution in [2.75, 3.05) is 0 Å². The summed E-state index contributed by atoms with van der Waals surface area (Å²) in [5.74, 6) is 0. The number of rotatable bonds is 2. The maximum atomic E-state index is 6.17. The van der Waals surface area contributed by atoms with Gasteiger partial charge in [0.1, 0.15) is 0 Å². The lowest BCUT2D eigenvalue weighted by molar-refractivity contribution is 0.343. The number of ether oxygens (including phenoxy) is 1. The monoisotopic (exact) mass is 298 g/mol. The van der Waals surface area contributed by atoms with Gasteiger partial charge in [0.25, 0.3) is 0 Å². The van der Waals surface area contributed by atoms with E-state index in [1.165, 1.54) is 0 Å². The Morgan fingerprint density at radius 3 is 1.39 bits per heavy atom. The van der Waals surface area contributed by atoms with Crippen molar-refractivity contribution in [1.29, 1.82) is 0 Å². The molecule has 0 saturated carbocycles. The van der Waals surface area contributed by atoms with Gasteiger partial charge in [0, 0.05) is 10.0 Å². The third-order valence-corrected chi connectivity index (χ3v) is 4.00. The molecular weight excluding hydrogens is 291 g/mol. The summed E-state index contributed by atoms with van der Waals surface area (Å²) >= 11 is 18.0. The molecule has 1 fully saturated rings. The van der Waals surface area contributed by atoms with Crippen LogP contribution < -0.4 is 0 Å². The maximum Gasteiger partial charge on any atom is 0.170 e.